The Bertz CT molecular complexity index is 757. The Hall–Kier alpha value is -2.83. The van der Waals surface area contributed by atoms with Crippen LogP contribution in [0, 0.1) is 0 Å². The van der Waals surface area contributed by atoms with Gasteiger partial charge in [0.05, 0.1) is 14.2 Å². The van der Waals surface area contributed by atoms with Gasteiger partial charge in [-0.2, -0.15) is 0 Å². The molecule has 7 heteroatoms. The van der Waals surface area contributed by atoms with Crippen molar-refractivity contribution in [2.24, 2.45) is 0 Å². The van der Waals surface area contributed by atoms with Crippen molar-refractivity contribution in [3.05, 3.63) is 41.9 Å². The summed E-state index contributed by atoms with van der Waals surface area (Å²) >= 11 is 0. The summed E-state index contributed by atoms with van der Waals surface area (Å²) in [7, 11) is 3.23. The van der Waals surface area contributed by atoms with E-state index in [2.05, 4.69) is 20.6 Å². The summed E-state index contributed by atoms with van der Waals surface area (Å²) < 4.78 is 10.6. The lowest BCUT2D eigenvalue weighted by Gasteiger charge is -2.20. The highest BCUT2D eigenvalue weighted by Crippen LogP contribution is 2.27. The molecule has 0 spiro atoms. The minimum absolute atomic E-state index is 0.220. The molecule has 0 aliphatic heterocycles. The van der Waals surface area contributed by atoms with Gasteiger partial charge in [-0.1, -0.05) is 6.07 Å². The maximum Gasteiger partial charge on any atom is 0.270 e. The van der Waals surface area contributed by atoms with Gasteiger partial charge in [0.1, 0.15) is 17.8 Å². The lowest BCUT2D eigenvalue weighted by molar-refractivity contribution is 0.0914. The SMILES string of the molecule is COc1ccc(CCNc2cc(C(=O)NC(C)(C)C)ncn2)cc1OC. The molecule has 1 heterocycles. The van der Waals surface area contributed by atoms with Crippen molar-refractivity contribution in [1.82, 2.24) is 15.3 Å². The van der Waals surface area contributed by atoms with Crippen LogP contribution < -0.4 is 20.1 Å². The molecular formula is C19H26N4O3. The number of ether oxygens (including phenoxy) is 2. The summed E-state index contributed by atoms with van der Waals surface area (Å²) in [5, 5.41) is 6.10. The molecule has 1 aromatic carbocycles. The fourth-order valence-corrected chi connectivity index (χ4v) is 2.35. The lowest BCUT2D eigenvalue weighted by atomic mass is 10.1. The van der Waals surface area contributed by atoms with Crippen LogP contribution in [-0.4, -0.2) is 42.2 Å². The van der Waals surface area contributed by atoms with Gasteiger partial charge in [-0.3, -0.25) is 4.79 Å². The third-order valence-corrected chi connectivity index (χ3v) is 3.56. The monoisotopic (exact) mass is 358 g/mol. The minimum atomic E-state index is -0.316. The van der Waals surface area contributed by atoms with Gasteiger partial charge in [0, 0.05) is 18.2 Å². The van der Waals surface area contributed by atoms with Gasteiger partial charge < -0.3 is 20.1 Å². The zero-order chi connectivity index (χ0) is 19.2. The fourth-order valence-electron chi connectivity index (χ4n) is 2.35. The number of amides is 1. The average molecular weight is 358 g/mol. The van der Waals surface area contributed by atoms with Gasteiger partial charge in [0.25, 0.3) is 5.91 Å². The van der Waals surface area contributed by atoms with Crippen molar-refractivity contribution in [3.63, 3.8) is 0 Å². The molecule has 0 saturated carbocycles. The Morgan fingerprint density at radius 1 is 1.08 bits per heavy atom. The summed E-state index contributed by atoms with van der Waals surface area (Å²) in [6.07, 6.45) is 2.16. The molecule has 0 atom stereocenters. The maximum atomic E-state index is 12.2. The van der Waals surface area contributed by atoms with Crippen molar-refractivity contribution in [1.29, 1.82) is 0 Å². The first kappa shape index (κ1) is 19.5. The Labute approximate surface area is 154 Å². The third kappa shape index (κ3) is 5.61. The first-order valence-corrected chi connectivity index (χ1v) is 8.41. The van der Waals surface area contributed by atoms with Gasteiger partial charge in [-0.15, -0.1) is 0 Å². The van der Waals surface area contributed by atoms with E-state index >= 15 is 0 Å². The molecule has 1 amide bonds. The van der Waals surface area contributed by atoms with Gasteiger partial charge >= 0.3 is 0 Å². The van der Waals surface area contributed by atoms with E-state index in [9.17, 15) is 4.79 Å². The second kappa shape index (κ2) is 8.51. The van der Waals surface area contributed by atoms with Gasteiger partial charge in [-0.25, -0.2) is 9.97 Å². The second-order valence-electron chi connectivity index (χ2n) is 6.86. The summed E-state index contributed by atoms with van der Waals surface area (Å²) in [4.78, 5) is 20.4. The van der Waals surface area contributed by atoms with Crippen LogP contribution in [0.1, 0.15) is 36.8 Å². The molecule has 0 bridgehead atoms. The van der Waals surface area contributed by atoms with Crippen LogP contribution in [0.15, 0.2) is 30.6 Å². The zero-order valence-electron chi connectivity index (χ0n) is 15.9. The number of hydrogen-bond donors (Lipinski definition) is 2. The van der Waals surface area contributed by atoms with Crippen LogP contribution in [0.25, 0.3) is 0 Å². The van der Waals surface area contributed by atoms with Crippen LogP contribution in [-0.2, 0) is 6.42 Å². The maximum absolute atomic E-state index is 12.2. The Kier molecular flexibility index (Phi) is 6.38. The molecule has 26 heavy (non-hydrogen) atoms. The van der Waals surface area contributed by atoms with Crippen molar-refractivity contribution < 1.29 is 14.3 Å². The summed E-state index contributed by atoms with van der Waals surface area (Å²) in [5.41, 5.74) is 1.13. The summed E-state index contributed by atoms with van der Waals surface area (Å²) in [5.74, 6) is 1.80. The number of methoxy groups -OCH3 is 2. The highest BCUT2D eigenvalue weighted by atomic mass is 16.5. The third-order valence-electron chi connectivity index (χ3n) is 3.56. The number of carbonyl (C=O) groups is 1. The van der Waals surface area contributed by atoms with E-state index < -0.39 is 0 Å². The van der Waals surface area contributed by atoms with E-state index in [1.165, 1.54) is 6.33 Å². The van der Waals surface area contributed by atoms with Gasteiger partial charge in [-0.05, 0) is 44.9 Å². The molecule has 140 valence electrons. The van der Waals surface area contributed by atoms with Crippen LogP contribution in [0.4, 0.5) is 5.82 Å². The number of rotatable bonds is 7. The predicted octanol–water partition coefficient (Wildman–Crippen LogP) is 2.68. The van der Waals surface area contributed by atoms with Gasteiger partial charge in [0.15, 0.2) is 11.5 Å². The quantitative estimate of drug-likeness (QED) is 0.791. The predicted molar refractivity (Wildman–Crippen MR) is 101 cm³/mol. The number of carbonyl (C=O) groups excluding carboxylic acids is 1. The van der Waals surface area contributed by atoms with Crippen molar-refractivity contribution in [2.75, 3.05) is 26.1 Å². The Morgan fingerprint density at radius 2 is 1.81 bits per heavy atom. The van der Waals surface area contributed by atoms with E-state index in [1.807, 2.05) is 39.0 Å². The Balaban J connectivity index is 1.96. The molecule has 7 nitrogen and oxygen atoms in total. The average Bonchev–Trinajstić information content (AvgIpc) is 2.60. The number of hydrogen-bond acceptors (Lipinski definition) is 6. The fraction of sp³-hybridized carbons (Fsp3) is 0.421. The van der Waals surface area contributed by atoms with E-state index in [1.54, 1.807) is 20.3 Å². The summed E-state index contributed by atoms with van der Waals surface area (Å²) in [6.45, 7) is 6.43. The van der Waals surface area contributed by atoms with Crippen molar-refractivity contribution in [3.8, 4) is 11.5 Å². The number of nitrogens with zero attached hydrogens (tertiary/aromatic N) is 2. The van der Waals surface area contributed by atoms with Crippen molar-refractivity contribution >= 4 is 11.7 Å². The second-order valence-corrected chi connectivity index (χ2v) is 6.86. The molecule has 0 aliphatic carbocycles. The van der Waals surface area contributed by atoms with Crippen LogP contribution in [0.2, 0.25) is 0 Å². The zero-order valence-corrected chi connectivity index (χ0v) is 15.9. The standard InChI is InChI=1S/C19H26N4O3/c1-19(2,3)23-18(24)14-11-17(22-12-21-14)20-9-8-13-6-7-15(25-4)16(10-13)26-5/h6-7,10-12H,8-9H2,1-5H3,(H,23,24)(H,20,21,22). The molecule has 0 saturated heterocycles. The van der Waals surface area contributed by atoms with Crippen molar-refractivity contribution in [2.45, 2.75) is 32.7 Å². The molecule has 0 unspecified atom stereocenters. The molecule has 2 rings (SSSR count). The van der Waals surface area contributed by atoms with Crippen LogP contribution in [0.3, 0.4) is 0 Å². The molecule has 1 aromatic heterocycles. The molecule has 0 fully saturated rings. The number of nitrogens with one attached hydrogen (secondary N) is 2. The minimum Gasteiger partial charge on any atom is -0.493 e. The molecule has 0 radical (unpaired) electrons. The highest BCUT2D eigenvalue weighted by molar-refractivity contribution is 5.93. The van der Waals surface area contributed by atoms with E-state index in [0.717, 1.165) is 12.0 Å². The smallest absolute Gasteiger partial charge is 0.270 e. The van der Waals surface area contributed by atoms with E-state index in [4.69, 9.17) is 9.47 Å². The lowest BCUT2D eigenvalue weighted by Crippen LogP contribution is -2.41. The topological polar surface area (TPSA) is 85.4 Å². The highest BCUT2D eigenvalue weighted by Gasteiger charge is 2.16. The normalized spacial score (nSPS) is 11.0. The number of benzene rings is 1. The Morgan fingerprint density at radius 3 is 2.46 bits per heavy atom. The summed E-state index contributed by atoms with van der Waals surface area (Å²) in [6, 6.07) is 7.47. The molecule has 0 aliphatic rings. The number of aromatic nitrogens is 2. The largest absolute Gasteiger partial charge is 0.493 e. The first-order chi connectivity index (χ1) is 12.3. The van der Waals surface area contributed by atoms with E-state index in [0.29, 0.717) is 29.6 Å². The molecule has 2 N–H and O–H groups in total. The molecular weight excluding hydrogens is 332 g/mol. The van der Waals surface area contributed by atoms with Crippen LogP contribution >= 0.6 is 0 Å². The van der Waals surface area contributed by atoms with Gasteiger partial charge in [0.2, 0.25) is 0 Å². The molecule has 2 aromatic rings. The first-order valence-electron chi connectivity index (χ1n) is 8.41. The number of anilines is 1. The van der Waals surface area contributed by atoms with Crippen LogP contribution in [0.5, 0.6) is 11.5 Å². The van der Waals surface area contributed by atoms with E-state index in [-0.39, 0.29) is 11.4 Å².